The molecule has 0 spiro atoms. The van der Waals surface area contributed by atoms with Crippen molar-refractivity contribution in [1.29, 1.82) is 0 Å². The molecule has 0 unspecified atom stereocenters. The largest absolute Gasteiger partial charge is 0.480 e. The van der Waals surface area contributed by atoms with Crippen LogP contribution in [0.5, 0.6) is 5.88 Å². The lowest BCUT2D eigenvalue weighted by molar-refractivity contribution is 0.402. The molecular formula is C19H16FN5O2. The smallest absolute Gasteiger partial charge is 0.272 e. The molecule has 1 aromatic carbocycles. The van der Waals surface area contributed by atoms with Crippen molar-refractivity contribution in [2.24, 2.45) is 0 Å². The molecular weight excluding hydrogens is 349 g/mol. The molecule has 0 saturated heterocycles. The van der Waals surface area contributed by atoms with Crippen LogP contribution >= 0.6 is 0 Å². The van der Waals surface area contributed by atoms with E-state index in [1.54, 1.807) is 6.07 Å². The summed E-state index contributed by atoms with van der Waals surface area (Å²) in [5, 5.41) is 7.69. The van der Waals surface area contributed by atoms with Crippen LogP contribution in [0.1, 0.15) is 24.5 Å². The molecule has 0 aliphatic heterocycles. The molecule has 27 heavy (non-hydrogen) atoms. The summed E-state index contributed by atoms with van der Waals surface area (Å²) in [6.45, 7) is 0. The number of nitrogens with two attached hydrogens (primary N) is 1. The first-order chi connectivity index (χ1) is 13.1. The maximum Gasteiger partial charge on any atom is 0.272 e. The number of nitrogens with one attached hydrogen (secondary N) is 2. The van der Waals surface area contributed by atoms with Crippen LogP contribution in [0.3, 0.4) is 0 Å². The van der Waals surface area contributed by atoms with Crippen molar-refractivity contribution in [3.8, 4) is 17.0 Å². The number of methoxy groups -OCH3 is 1. The lowest BCUT2D eigenvalue weighted by Crippen LogP contribution is -2.14. The average molecular weight is 365 g/mol. The number of hydrogen-bond acceptors (Lipinski definition) is 5. The van der Waals surface area contributed by atoms with Gasteiger partial charge in [0.25, 0.3) is 5.56 Å². The Morgan fingerprint density at radius 1 is 1.33 bits per heavy atom. The first kappa shape index (κ1) is 15.8. The van der Waals surface area contributed by atoms with Crippen molar-refractivity contribution in [1.82, 2.24) is 20.2 Å². The third-order valence-electron chi connectivity index (χ3n) is 5.04. The molecule has 1 saturated carbocycles. The van der Waals surface area contributed by atoms with E-state index in [1.807, 2.05) is 6.07 Å². The zero-order valence-corrected chi connectivity index (χ0v) is 14.5. The highest BCUT2D eigenvalue weighted by Crippen LogP contribution is 2.44. The summed E-state index contributed by atoms with van der Waals surface area (Å²) in [4.78, 5) is 20.0. The van der Waals surface area contributed by atoms with Crippen molar-refractivity contribution in [2.75, 3.05) is 12.8 Å². The third kappa shape index (κ3) is 2.29. The van der Waals surface area contributed by atoms with Crippen LogP contribution in [0.4, 0.5) is 10.1 Å². The van der Waals surface area contributed by atoms with E-state index >= 15 is 0 Å². The van der Waals surface area contributed by atoms with Crippen LogP contribution < -0.4 is 16.0 Å². The van der Waals surface area contributed by atoms with Crippen molar-refractivity contribution < 1.29 is 9.13 Å². The predicted octanol–water partition coefficient (Wildman–Crippen LogP) is 3.07. The van der Waals surface area contributed by atoms with Gasteiger partial charge >= 0.3 is 0 Å². The Kier molecular flexibility index (Phi) is 3.24. The summed E-state index contributed by atoms with van der Waals surface area (Å²) in [5.41, 5.74) is 8.57. The molecule has 8 heteroatoms. The van der Waals surface area contributed by atoms with Gasteiger partial charge in [-0.15, -0.1) is 0 Å². The number of ether oxygens (including phenoxy) is 1. The molecule has 3 aromatic heterocycles. The minimum absolute atomic E-state index is 0.0240. The average Bonchev–Trinajstić information content (AvgIpc) is 3.39. The third-order valence-corrected chi connectivity index (χ3v) is 5.04. The van der Waals surface area contributed by atoms with Crippen LogP contribution in [0, 0.1) is 5.82 Å². The van der Waals surface area contributed by atoms with Gasteiger partial charge < -0.3 is 15.5 Å². The van der Waals surface area contributed by atoms with Gasteiger partial charge in [-0.2, -0.15) is 5.10 Å². The van der Waals surface area contributed by atoms with E-state index in [1.165, 1.54) is 19.4 Å². The number of fused-ring (bicyclic) bond motifs is 2. The summed E-state index contributed by atoms with van der Waals surface area (Å²) < 4.78 is 19.6. The van der Waals surface area contributed by atoms with Gasteiger partial charge in [-0.25, -0.2) is 9.37 Å². The van der Waals surface area contributed by atoms with E-state index in [2.05, 4.69) is 20.2 Å². The molecule has 4 aromatic rings. The molecule has 4 N–H and O–H groups in total. The second kappa shape index (κ2) is 5.54. The van der Waals surface area contributed by atoms with Crippen molar-refractivity contribution in [3.63, 3.8) is 0 Å². The fraction of sp³-hybridized carbons (Fsp3) is 0.211. The van der Waals surface area contributed by atoms with Gasteiger partial charge in [-0.3, -0.25) is 9.89 Å². The quantitative estimate of drug-likeness (QED) is 0.517. The Bertz CT molecular complexity index is 1270. The highest BCUT2D eigenvalue weighted by Gasteiger charge is 2.28. The predicted molar refractivity (Wildman–Crippen MR) is 100 cm³/mol. The minimum Gasteiger partial charge on any atom is -0.480 e. The number of nitrogens with zero attached hydrogens (tertiary/aromatic N) is 2. The van der Waals surface area contributed by atoms with Gasteiger partial charge in [-0.1, -0.05) is 6.07 Å². The minimum atomic E-state index is -0.430. The zero-order valence-electron chi connectivity index (χ0n) is 14.5. The van der Waals surface area contributed by atoms with Gasteiger partial charge in [-0.05, 0) is 30.5 Å². The van der Waals surface area contributed by atoms with Crippen molar-refractivity contribution in [3.05, 3.63) is 46.3 Å². The number of anilines is 1. The molecule has 0 radical (unpaired) electrons. The van der Waals surface area contributed by atoms with Crippen LogP contribution in [-0.2, 0) is 0 Å². The fourth-order valence-corrected chi connectivity index (χ4v) is 3.55. The molecule has 0 bridgehead atoms. The molecule has 3 heterocycles. The maximum atomic E-state index is 14.1. The summed E-state index contributed by atoms with van der Waals surface area (Å²) >= 11 is 0. The van der Waals surface area contributed by atoms with E-state index < -0.39 is 11.4 Å². The highest BCUT2D eigenvalue weighted by atomic mass is 19.1. The topological polar surface area (TPSA) is 110 Å². The Labute approximate surface area is 152 Å². The van der Waals surface area contributed by atoms with Crippen LogP contribution in [0.2, 0.25) is 0 Å². The molecule has 0 atom stereocenters. The number of hydrogen-bond donors (Lipinski definition) is 3. The standard InChI is InChI=1S/C19H16FN5O2/c1-27-19-15-13(6-12(24-19)8-2-3-8)23-18(26)16(21)14(15)9-4-5-11(20)17-10(9)7-22-25-17/h4-8H,2-3,21H2,1H3,(H,22,25)(H,23,26). The lowest BCUT2D eigenvalue weighted by Gasteiger charge is -2.14. The Balaban J connectivity index is 1.93. The fourth-order valence-electron chi connectivity index (χ4n) is 3.55. The molecule has 136 valence electrons. The van der Waals surface area contributed by atoms with E-state index in [-0.39, 0.29) is 11.2 Å². The van der Waals surface area contributed by atoms with E-state index in [9.17, 15) is 9.18 Å². The second-order valence-electron chi connectivity index (χ2n) is 6.75. The number of rotatable bonds is 3. The summed E-state index contributed by atoms with van der Waals surface area (Å²) in [7, 11) is 1.53. The Morgan fingerprint density at radius 3 is 2.89 bits per heavy atom. The Morgan fingerprint density at radius 2 is 2.15 bits per heavy atom. The van der Waals surface area contributed by atoms with Gasteiger partial charge in [0.15, 0.2) is 0 Å². The number of benzene rings is 1. The summed E-state index contributed by atoms with van der Waals surface area (Å²) in [6, 6.07) is 4.78. The number of nitrogen functional groups attached to an aromatic ring is 1. The summed E-state index contributed by atoms with van der Waals surface area (Å²) in [6.07, 6.45) is 3.65. The number of aromatic nitrogens is 4. The van der Waals surface area contributed by atoms with Crippen LogP contribution in [0.25, 0.3) is 32.9 Å². The monoisotopic (exact) mass is 365 g/mol. The molecule has 1 fully saturated rings. The molecule has 5 rings (SSSR count). The molecule has 7 nitrogen and oxygen atoms in total. The van der Waals surface area contributed by atoms with Crippen LogP contribution in [-0.4, -0.2) is 27.3 Å². The first-order valence-electron chi connectivity index (χ1n) is 8.61. The lowest BCUT2D eigenvalue weighted by atomic mass is 9.96. The second-order valence-corrected chi connectivity index (χ2v) is 6.75. The first-order valence-corrected chi connectivity index (χ1v) is 8.61. The maximum absolute atomic E-state index is 14.1. The SMILES string of the molecule is COc1nc(C2CC2)cc2[nH]c(=O)c(N)c(-c3ccc(F)c4[nH]ncc34)c12. The van der Waals surface area contributed by atoms with E-state index in [4.69, 9.17) is 10.5 Å². The summed E-state index contributed by atoms with van der Waals surface area (Å²) in [5.74, 6) is 0.340. The van der Waals surface area contributed by atoms with Gasteiger partial charge in [0, 0.05) is 22.6 Å². The van der Waals surface area contributed by atoms with Crippen LogP contribution in [0.15, 0.2) is 29.2 Å². The number of aromatic amines is 2. The van der Waals surface area contributed by atoms with E-state index in [0.717, 1.165) is 18.5 Å². The van der Waals surface area contributed by atoms with E-state index in [0.29, 0.717) is 39.2 Å². The van der Waals surface area contributed by atoms with Crippen molar-refractivity contribution in [2.45, 2.75) is 18.8 Å². The number of halogens is 1. The van der Waals surface area contributed by atoms with Gasteiger partial charge in [0.1, 0.15) is 17.0 Å². The van der Waals surface area contributed by atoms with Gasteiger partial charge in [0.05, 0.1) is 24.2 Å². The highest BCUT2D eigenvalue weighted by molar-refractivity contribution is 6.09. The van der Waals surface area contributed by atoms with Gasteiger partial charge in [0.2, 0.25) is 5.88 Å². The molecule has 0 amide bonds. The molecule has 1 aliphatic carbocycles. The Hall–Kier alpha value is -3.42. The normalized spacial score (nSPS) is 14.1. The number of H-pyrrole nitrogens is 2. The van der Waals surface area contributed by atoms with Crippen molar-refractivity contribution >= 4 is 27.5 Å². The molecule has 1 aliphatic rings. The zero-order chi connectivity index (χ0) is 18.7. The number of pyridine rings is 2.